The lowest BCUT2D eigenvalue weighted by atomic mass is 10.0. The standard InChI is InChI=1S/C28H35N5O5/c1-18(34)20-11-19(5-8-27(2,3)35)12-23(13-20)28(36,37)38-25-14-21(16-32-26(25)30)22(15-29)17-31-24-6-9-33(4)10-7-24/h11-17,24,29,31,35-37H,6-7,9-10H2,1-4H3,(H2,30,32)/b22-17+,29-15?. The van der Waals surface area contributed by atoms with Gasteiger partial charge >= 0.3 is 5.97 Å². The van der Waals surface area contributed by atoms with Gasteiger partial charge in [0.05, 0.1) is 5.56 Å². The first kappa shape index (κ1) is 28.8. The Kier molecular flexibility index (Phi) is 8.91. The zero-order chi connectivity index (χ0) is 28.1. The van der Waals surface area contributed by atoms with E-state index in [1.165, 1.54) is 51.2 Å². The third-order valence-corrected chi connectivity index (χ3v) is 6.04. The lowest BCUT2D eigenvalue weighted by Gasteiger charge is -2.29. The van der Waals surface area contributed by atoms with Crippen molar-refractivity contribution < 1.29 is 24.9 Å². The molecular formula is C28H35N5O5. The predicted molar refractivity (Wildman–Crippen MR) is 145 cm³/mol. The molecule has 10 heteroatoms. The second-order valence-corrected chi connectivity index (χ2v) is 9.97. The van der Waals surface area contributed by atoms with Gasteiger partial charge in [-0.2, -0.15) is 0 Å². The van der Waals surface area contributed by atoms with Crippen LogP contribution >= 0.6 is 0 Å². The number of pyridine rings is 1. The zero-order valence-electron chi connectivity index (χ0n) is 22.1. The van der Waals surface area contributed by atoms with Gasteiger partial charge in [-0.3, -0.25) is 4.79 Å². The van der Waals surface area contributed by atoms with E-state index in [0.29, 0.717) is 11.1 Å². The van der Waals surface area contributed by atoms with Crippen molar-refractivity contribution in [1.29, 1.82) is 5.41 Å². The smallest absolute Gasteiger partial charge is 0.351 e. The minimum Gasteiger partial charge on any atom is -0.432 e. The lowest BCUT2D eigenvalue weighted by Crippen LogP contribution is -2.38. The van der Waals surface area contributed by atoms with Crippen molar-refractivity contribution in [2.75, 3.05) is 25.9 Å². The molecule has 0 amide bonds. The van der Waals surface area contributed by atoms with Crippen LogP contribution in [0.3, 0.4) is 0 Å². The van der Waals surface area contributed by atoms with Gasteiger partial charge in [0.2, 0.25) is 0 Å². The van der Waals surface area contributed by atoms with Gasteiger partial charge < -0.3 is 41.4 Å². The summed E-state index contributed by atoms with van der Waals surface area (Å²) >= 11 is 0. The summed E-state index contributed by atoms with van der Waals surface area (Å²) in [6.07, 6.45) is 6.31. The average Bonchev–Trinajstić information content (AvgIpc) is 2.85. The van der Waals surface area contributed by atoms with Gasteiger partial charge in [-0.1, -0.05) is 11.8 Å². The Morgan fingerprint density at radius 1 is 1.21 bits per heavy atom. The SMILES string of the molecule is CC(=O)c1cc(C#CC(C)(C)O)cc(C(O)(O)Oc2cc(/C(C=N)=C/NC3CCN(C)CC3)cnc2N)c1. The average molecular weight is 522 g/mol. The minimum atomic E-state index is -2.90. The predicted octanol–water partition coefficient (Wildman–Crippen LogP) is 1.84. The first-order valence-electron chi connectivity index (χ1n) is 12.2. The van der Waals surface area contributed by atoms with Crippen molar-refractivity contribution in [3.8, 4) is 17.6 Å². The fraction of sp³-hybridized carbons (Fsp3) is 0.393. The van der Waals surface area contributed by atoms with Crippen LogP contribution in [0, 0.1) is 17.3 Å². The Bertz CT molecular complexity index is 1280. The van der Waals surface area contributed by atoms with Crippen LogP contribution in [-0.2, 0) is 5.97 Å². The first-order valence-corrected chi connectivity index (χ1v) is 12.2. The molecule has 38 heavy (non-hydrogen) atoms. The van der Waals surface area contributed by atoms with E-state index in [-0.39, 0.29) is 40.1 Å². The summed E-state index contributed by atoms with van der Waals surface area (Å²) in [5.74, 6) is 1.92. The number of hydrogen-bond acceptors (Lipinski definition) is 10. The van der Waals surface area contributed by atoms with Crippen LogP contribution in [0.4, 0.5) is 5.82 Å². The van der Waals surface area contributed by atoms with Gasteiger partial charge in [-0.25, -0.2) is 4.98 Å². The maximum atomic E-state index is 12.1. The van der Waals surface area contributed by atoms with E-state index in [2.05, 4.69) is 34.1 Å². The highest BCUT2D eigenvalue weighted by atomic mass is 16.8. The van der Waals surface area contributed by atoms with E-state index in [1.54, 1.807) is 6.20 Å². The maximum Gasteiger partial charge on any atom is 0.351 e. The molecule has 1 aliphatic rings. The van der Waals surface area contributed by atoms with Crippen molar-refractivity contribution >= 4 is 23.4 Å². The first-order chi connectivity index (χ1) is 17.8. The molecule has 2 heterocycles. The molecule has 1 aromatic heterocycles. The highest BCUT2D eigenvalue weighted by molar-refractivity contribution is 6.08. The Balaban J connectivity index is 1.90. The molecule has 1 aliphatic heterocycles. The number of aromatic nitrogens is 1. The number of nitrogens with one attached hydrogen (secondary N) is 2. The number of ether oxygens (including phenoxy) is 1. The molecule has 7 N–H and O–H groups in total. The maximum absolute atomic E-state index is 12.1. The van der Waals surface area contributed by atoms with E-state index in [4.69, 9.17) is 15.9 Å². The number of carbonyl (C=O) groups is 1. The van der Waals surface area contributed by atoms with Crippen molar-refractivity contribution in [2.24, 2.45) is 0 Å². The van der Waals surface area contributed by atoms with Crippen LogP contribution in [0.2, 0.25) is 0 Å². The Morgan fingerprint density at radius 3 is 2.50 bits per heavy atom. The number of anilines is 1. The number of aliphatic hydroxyl groups is 3. The van der Waals surface area contributed by atoms with Gasteiger partial charge in [0, 0.05) is 46.9 Å². The van der Waals surface area contributed by atoms with Crippen molar-refractivity contribution in [1.82, 2.24) is 15.2 Å². The number of rotatable bonds is 8. The van der Waals surface area contributed by atoms with Gasteiger partial charge in [0.25, 0.3) is 0 Å². The van der Waals surface area contributed by atoms with E-state index >= 15 is 0 Å². The van der Waals surface area contributed by atoms with Crippen LogP contribution < -0.4 is 15.8 Å². The quantitative estimate of drug-likeness (QED) is 0.132. The highest BCUT2D eigenvalue weighted by Crippen LogP contribution is 2.31. The molecule has 1 saturated heterocycles. The number of benzene rings is 1. The number of carbonyl (C=O) groups excluding carboxylic acids is 1. The summed E-state index contributed by atoms with van der Waals surface area (Å²) in [4.78, 5) is 18.4. The molecule has 0 aliphatic carbocycles. The summed E-state index contributed by atoms with van der Waals surface area (Å²) in [6, 6.07) is 5.84. The van der Waals surface area contributed by atoms with E-state index < -0.39 is 11.6 Å². The van der Waals surface area contributed by atoms with Crippen LogP contribution in [0.25, 0.3) is 5.57 Å². The molecule has 0 radical (unpaired) electrons. The zero-order valence-corrected chi connectivity index (χ0v) is 22.1. The molecule has 1 aromatic carbocycles. The van der Waals surface area contributed by atoms with Gasteiger partial charge in [-0.15, -0.1) is 0 Å². The molecule has 202 valence electrons. The van der Waals surface area contributed by atoms with Crippen molar-refractivity contribution in [2.45, 2.75) is 51.2 Å². The Labute approximate surface area is 222 Å². The largest absolute Gasteiger partial charge is 0.432 e. The topological polar surface area (TPSA) is 165 Å². The van der Waals surface area contributed by atoms with Crippen LogP contribution in [0.1, 0.15) is 60.7 Å². The van der Waals surface area contributed by atoms with E-state index in [9.17, 15) is 20.1 Å². The molecular weight excluding hydrogens is 486 g/mol. The number of likely N-dealkylation sites (tertiary alicyclic amines) is 1. The highest BCUT2D eigenvalue weighted by Gasteiger charge is 2.31. The molecule has 0 atom stereocenters. The van der Waals surface area contributed by atoms with E-state index in [0.717, 1.165) is 32.1 Å². The number of hydrogen-bond donors (Lipinski definition) is 6. The summed E-state index contributed by atoms with van der Waals surface area (Å²) < 4.78 is 5.48. The molecule has 0 saturated carbocycles. The third kappa shape index (κ3) is 7.87. The Hall–Kier alpha value is -3.75. The Morgan fingerprint density at radius 2 is 1.89 bits per heavy atom. The summed E-state index contributed by atoms with van der Waals surface area (Å²) in [5, 5.41) is 42.9. The molecule has 1 fully saturated rings. The lowest BCUT2D eigenvalue weighted by molar-refractivity contribution is -0.303. The number of nitrogen functional groups attached to an aromatic ring is 1. The summed E-state index contributed by atoms with van der Waals surface area (Å²) in [5.41, 5.74) is 5.95. The molecule has 0 unspecified atom stereocenters. The van der Waals surface area contributed by atoms with Crippen molar-refractivity contribution in [3.63, 3.8) is 0 Å². The minimum absolute atomic E-state index is 0.0985. The normalized spacial score (nSPS) is 15.4. The molecule has 10 nitrogen and oxygen atoms in total. The fourth-order valence-electron chi connectivity index (χ4n) is 3.81. The molecule has 0 bridgehead atoms. The van der Waals surface area contributed by atoms with E-state index in [1.807, 2.05) is 0 Å². The second-order valence-electron chi connectivity index (χ2n) is 9.97. The second kappa shape index (κ2) is 11.8. The molecule has 2 aromatic rings. The fourth-order valence-corrected chi connectivity index (χ4v) is 3.81. The monoisotopic (exact) mass is 521 g/mol. The molecule has 3 rings (SSSR count). The van der Waals surface area contributed by atoms with Gasteiger partial charge in [0.1, 0.15) is 5.60 Å². The van der Waals surface area contributed by atoms with Gasteiger partial charge in [-0.05, 0) is 78.0 Å². The number of ketones is 1. The summed E-state index contributed by atoms with van der Waals surface area (Å²) in [7, 11) is 2.08. The van der Waals surface area contributed by atoms with Crippen LogP contribution in [-0.4, -0.2) is 69.0 Å². The van der Waals surface area contributed by atoms with Gasteiger partial charge in [0.15, 0.2) is 17.4 Å². The molecule has 0 spiro atoms. The summed E-state index contributed by atoms with van der Waals surface area (Å²) in [6.45, 7) is 6.31. The number of nitrogens with zero attached hydrogens (tertiary/aromatic N) is 2. The third-order valence-electron chi connectivity index (χ3n) is 6.04. The van der Waals surface area contributed by atoms with Crippen molar-refractivity contribution in [3.05, 3.63) is 58.9 Å². The number of allylic oxidation sites excluding steroid dienone is 1. The number of Topliss-reactive ketones (excluding diaryl/α,β-unsaturated/α-hetero) is 1. The van der Waals surface area contributed by atoms with Crippen LogP contribution in [0.15, 0.2) is 36.7 Å². The van der Waals surface area contributed by atoms with Crippen LogP contribution in [0.5, 0.6) is 5.75 Å². The number of piperidine rings is 1. The number of nitrogens with two attached hydrogens (primary N) is 1.